The van der Waals surface area contributed by atoms with Crippen molar-refractivity contribution in [3.8, 4) is 22.4 Å². The van der Waals surface area contributed by atoms with E-state index in [-0.39, 0.29) is 11.3 Å². The Kier molecular flexibility index (Phi) is 4.97. The first kappa shape index (κ1) is 18.0. The van der Waals surface area contributed by atoms with Gasteiger partial charge in [-0.1, -0.05) is 26.0 Å². The zero-order valence-corrected chi connectivity index (χ0v) is 14.3. The fraction of sp³-hybridized carbons (Fsp3) is 0.263. The summed E-state index contributed by atoms with van der Waals surface area (Å²) < 4.78 is 39.4. The lowest BCUT2D eigenvalue weighted by atomic mass is 9.95. The summed E-state index contributed by atoms with van der Waals surface area (Å²) in [5.74, 6) is 0. The number of nitrogens with one attached hydrogen (secondary N) is 2. The number of pyridine rings is 1. The van der Waals surface area contributed by atoms with Gasteiger partial charge in [0.2, 0.25) is 0 Å². The molecule has 136 valence electrons. The van der Waals surface area contributed by atoms with Crippen LogP contribution in [0.1, 0.15) is 36.6 Å². The normalized spacial score (nSPS) is 11.7. The average molecular weight is 360 g/mol. The summed E-state index contributed by atoms with van der Waals surface area (Å²) in [6, 6.07) is 1.73. The highest BCUT2D eigenvalue weighted by atomic mass is 19.4. The first-order chi connectivity index (χ1) is 12.5. The van der Waals surface area contributed by atoms with Crippen LogP contribution < -0.4 is 0 Å². The predicted octanol–water partition coefficient (Wildman–Crippen LogP) is 5.47. The van der Waals surface area contributed by atoms with Crippen molar-refractivity contribution in [1.82, 2.24) is 20.2 Å². The standard InChI is InChI=1S/C19H19F3N4/c1-3-5-6-13-7-17(16-11-25-26-18(16)19(20,21)22)24-10-15(13)14-9-23-8-12(14)4-2/h4,7-11,23H,2-3,5-6H2,1H3,(H,25,26). The van der Waals surface area contributed by atoms with Crippen LogP contribution >= 0.6 is 0 Å². The molecule has 0 atom stereocenters. The molecule has 0 saturated heterocycles. The van der Waals surface area contributed by atoms with E-state index >= 15 is 0 Å². The summed E-state index contributed by atoms with van der Waals surface area (Å²) in [5, 5.41) is 5.65. The number of halogens is 3. The highest BCUT2D eigenvalue weighted by Gasteiger charge is 2.37. The van der Waals surface area contributed by atoms with Crippen LogP contribution in [0.5, 0.6) is 0 Å². The number of aromatic nitrogens is 4. The fourth-order valence-electron chi connectivity index (χ4n) is 2.94. The summed E-state index contributed by atoms with van der Waals surface area (Å²) >= 11 is 0. The zero-order valence-electron chi connectivity index (χ0n) is 14.3. The van der Waals surface area contributed by atoms with Gasteiger partial charge in [0.15, 0.2) is 5.69 Å². The molecule has 0 amide bonds. The molecule has 26 heavy (non-hydrogen) atoms. The van der Waals surface area contributed by atoms with Crippen LogP contribution in [0.2, 0.25) is 0 Å². The molecule has 7 heteroatoms. The topological polar surface area (TPSA) is 57.4 Å². The fourth-order valence-corrected chi connectivity index (χ4v) is 2.94. The monoisotopic (exact) mass is 360 g/mol. The average Bonchev–Trinajstić information content (AvgIpc) is 3.28. The third-order valence-corrected chi connectivity index (χ3v) is 4.26. The molecule has 2 N–H and O–H groups in total. The molecule has 3 heterocycles. The number of H-pyrrole nitrogens is 2. The number of nitrogens with zero attached hydrogens (tertiary/aromatic N) is 2. The van der Waals surface area contributed by atoms with E-state index in [4.69, 9.17) is 0 Å². The van der Waals surface area contributed by atoms with E-state index in [2.05, 4.69) is 33.7 Å². The molecule has 0 aromatic carbocycles. The minimum atomic E-state index is -4.53. The van der Waals surface area contributed by atoms with Gasteiger partial charge in [-0.05, 0) is 30.0 Å². The van der Waals surface area contributed by atoms with Crippen LogP contribution in [0.15, 0.2) is 37.4 Å². The molecule has 0 bridgehead atoms. The third kappa shape index (κ3) is 3.42. The number of aryl methyl sites for hydroxylation is 1. The van der Waals surface area contributed by atoms with Gasteiger partial charge in [0.25, 0.3) is 0 Å². The number of hydrogen-bond donors (Lipinski definition) is 2. The van der Waals surface area contributed by atoms with Gasteiger partial charge in [0, 0.05) is 35.9 Å². The van der Waals surface area contributed by atoms with E-state index in [0.717, 1.165) is 41.5 Å². The molecule has 0 aliphatic carbocycles. The van der Waals surface area contributed by atoms with Crippen molar-refractivity contribution in [2.75, 3.05) is 0 Å². The van der Waals surface area contributed by atoms with Gasteiger partial charge in [-0.3, -0.25) is 10.1 Å². The van der Waals surface area contributed by atoms with Gasteiger partial charge in [0.1, 0.15) is 0 Å². The first-order valence-electron chi connectivity index (χ1n) is 8.35. The zero-order chi connectivity index (χ0) is 18.7. The number of alkyl halides is 3. The number of aromatic amines is 2. The van der Waals surface area contributed by atoms with Gasteiger partial charge in [-0.15, -0.1) is 0 Å². The maximum Gasteiger partial charge on any atom is 0.435 e. The van der Waals surface area contributed by atoms with E-state index in [1.165, 1.54) is 6.20 Å². The van der Waals surface area contributed by atoms with E-state index in [1.807, 2.05) is 12.4 Å². The smallest absolute Gasteiger partial charge is 0.366 e. The lowest BCUT2D eigenvalue weighted by Crippen LogP contribution is -2.08. The summed E-state index contributed by atoms with van der Waals surface area (Å²) in [4.78, 5) is 7.33. The lowest BCUT2D eigenvalue weighted by Gasteiger charge is -2.12. The second-order valence-corrected chi connectivity index (χ2v) is 6.00. The molecule has 4 nitrogen and oxygen atoms in total. The molecular weight excluding hydrogens is 341 g/mol. The van der Waals surface area contributed by atoms with Crippen LogP contribution in [0, 0.1) is 0 Å². The number of rotatable bonds is 6. The van der Waals surface area contributed by atoms with Crippen LogP contribution in [0.3, 0.4) is 0 Å². The van der Waals surface area contributed by atoms with Crippen LogP contribution in [-0.2, 0) is 12.6 Å². The van der Waals surface area contributed by atoms with Gasteiger partial charge < -0.3 is 4.98 Å². The lowest BCUT2D eigenvalue weighted by molar-refractivity contribution is -0.140. The molecule has 0 radical (unpaired) electrons. The molecule has 0 unspecified atom stereocenters. The van der Waals surface area contributed by atoms with Crippen molar-refractivity contribution in [2.24, 2.45) is 0 Å². The predicted molar refractivity (Wildman–Crippen MR) is 95.3 cm³/mol. The largest absolute Gasteiger partial charge is 0.435 e. The van der Waals surface area contributed by atoms with Gasteiger partial charge in [-0.25, -0.2) is 0 Å². The van der Waals surface area contributed by atoms with E-state index in [0.29, 0.717) is 0 Å². The Morgan fingerprint density at radius 1 is 1.15 bits per heavy atom. The van der Waals surface area contributed by atoms with Crippen molar-refractivity contribution in [2.45, 2.75) is 32.4 Å². The quantitative estimate of drug-likeness (QED) is 0.612. The molecule has 0 aliphatic rings. The maximum absolute atomic E-state index is 13.1. The van der Waals surface area contributed by atoms with Crippen molar-refractivity contribution in [3.63, 3.8) is 0 Å². The second kappa shape index (κ2) is 7.19. The van der Waals surface area contributed by atoms with Crippen LogP contribution in [-0.4, -0.2) is 20.2 Å². The second-order valence-electron chi connectivity index (χ2n) is 6.00. The van der Waals surface area contributed by atoms with Crippen LogP contribution in [0.25, 0.3) is 28.5 Å². The van der Waals surface area contributed by atoms with Gasteiger partial charge >= 0.3 is 6.18 Å². The summed E-state index contributed by atoms with van der Waals surface area (Å²) in [6.07, 6.45) is 6.42. The van der Waals surface area contributed by atoms with E-state index in [9.17, 15) is 13.2 Å². The Hall–Kier alpha value is -2.83. The minimum Gasteiger partial charge on any atom is -0.366 e. The Morgan fingerprint density at radius 2 is 1.96 bits per heavy atom. The number of hydrogen-bond acceptors (Lipinski definition) is 2. The molecule has 0 fully saturated rings. The maximum atomic E-state index is 13.1. The Morgan fingerprint density at radius 3 is 2.65 bits per heavy atom. The first-order valence-corrected chi connectivity index (χ1v) is 8.35. The third-order valence-electron chi connectivity index (χ3n) is 4.26. The number of unbranched alkanes of at least 4 members (excludes halogenated alkanes) is 1. The summed E-state index contributed by atoms with van der Waals surface area (Å²) in [6.45, 7) is 5.87. The Bertz CT molecular complexity index is 906. The summed E-state index contributed by atoms with van der Waals surface area (Å²) in [5.41, 5.74) is 2.98. The molecular formula is C19H19F3N4. The van der Waals surface area contributed by atoms with E-state index in [1.54, 1.807) is 18.3 Å². The van der Waals surface area contributed by atoms with Crippen molar-refractivity contribution < 1.29 is 13.2 Å². The Labute approximate surface area is 149 Å². The van der Waals surface area contributed by atoms with Crippen molar-refractivity contribution in [3.05, 3.63) is 54.3 Å². The highest BCUT2D eigenvalue weighted by Crippen LogP contribution is 2.36. The van der Waals surface area contributed by atoms with Gasteiger partial charge in [0.05, 0.1) is 11.3 Å². The summed E-state index contributed by atoms with van der Waals surface area (Å²) in [7, 11) is 0. The minimum absolute atomic E-state index is 0.0418. The molecule has 0 aliphatic heterocycles. The van der Waals surface area contributed by atoms with Gasteiger partial charge in [-0.2, -0.15) is 18.3 Å². The van der Waals surface area contributed by atoms with E-state index < -0.39 is 11.9 Å². The molecule has 0 saturated carbocycles. The molecule has 3 rings (SSSR count). The van der Waals surface area contributed by atoms with Crippen molar-refractivity contribution >= 4 is 6.08 Å². The Balaban J connectivity index is 2.11. The SMILES string of the molecule is C=Cc1c[nH]cc1-c1cnc(-c2c[nH]nc2C(F)(F)F)cc1CCCC. The molecule has 3 aromatic rings. The molecule has 3 aromatic heterocycles. The highest BCUT2D eigenvalue weighted by molar-refractivity contribution is 5.77. The van der Waals surface area contributed by atoms with Crippen molar-refractivity contribution in [1.29, 1.82) is 0 Å². The van der Waals surface area contributed by atoms with Crippen LogP contribution in [0.4, 0.5) is 13.2 Å². The molecule has 0 spiro atoms.